The highest BCUT2D eigenvalue weighted by Gasteiger charge is 2.09. The summed E-state index contributed by atoms with van der Waals surface area (Å²) < 4.78 is 5.51. The maximum absolute atomic E-state index is 9.96. The van der Waals surface area contributed by atoms with E-state index in [1.807, 2.05) is 30.3 Å². The first-order chi connectivity index (χ1) is 10.1. The van der Waals surface area contributed by atoms with Gasteiger partial charge in [-0.25, -0.2) is 0 Å². The number of nitrogens with one attached hydrogen (secondary N) is 1. The highest BCUT2D eigenvalue weighted by Crippen LogP contribution is 2.17. The molecule has 2 aromatic carbocycles. The second-order valence-corrected chi connectivity index (χ2v) is 5.40. The van der Waals surface area contributed by atoms with Gasteiger partial charge in [-0.2, -0.15) is 0 Å². The van der Waals surface area contributed by atoms with Crippen molar-refractivity contribution in [2.24, 2.45) is 0 Å². The van der Waals surface area contributed by atoms with Crippen LogP contribution in [0.1, 0.15) is 18.5 Å². The molecule has 0 fully saturated rings. The minimum Gasteiger partial charge on any atom is -0.491 e. The van der Waals surface area contributed by atoms with Gasteiger partial charge >= 0.3 is 0 Å². The first-order valence-electron chi connectivity index (χ1n) is 7.00. The smallest absolute Gasteiger partial charge is 0.120 e. The van der Waals surface area contributed by atoms with Gasteiger partial charge in [-0.15, -0.1) is 0 Å². The lowest BCUT2D eigenvalue weighted by Crippen LogP contribution is -2.33. The molecular formula is C17H20ClNO2. The van der Waals surface area contributed by atoms with Crippen molar-refractivity contribution < 1.29 is 9.84 Å². The maximum atomic E-state index is 9.96. The van der Waals surface area contributed by atoms with Crippen molar-refractivity contribution >= 4 is 11.6 Å². The van der Waals surface area contributed by atoms with Crippen LogP contribution in [0.2, 0.25) is 5.02 Å². The van der Waals surface area contributed by atoms with Crippen LogP contribution in [0.25, 0.3) is 0 Å². The zero-order valence-corrected chi connectivity index (χ0v) is 12.8. The summed E-state index contributed by atoms with van der Waals surface area (Å²) in [6.07, 6.45) is -0.574. The summed E-state index contributed by atoms with van der Waals surface area (Å²) in [6, 6.07) is 17.5. The van der Waals surface area contributed by atoms with Crippen LogP contribution in [0.5, 0.6) is 5.75 Å². The van der Waals surface area contributed by atoms with E-state index in [0.717, 1.165) is 0 Å². The van der Waals surface area contributed by atoms with Crippen molar-refractivity contribution in [2.45, 2.75) is 19.1 Å². The molecule has 0 bridgehead atoms. The molecular weight excluding hydrogens is 286 g/mol. The Balaban J connectivity index is 1.73. The Labute approximate surface area is 130 Å². The summed E-state index contributed by atoms with van der Waals surface area (Å²) in [5.74, 6) is 0.664. The average molecular weight is 306 g/mol. The number of benzene rings is 2. The lowest BCUT2D eigenvalue weighted by Gasteiger charge is -2.18. The lowest BCUT2D eigenvalue weighted by molar-refractivity contribution is 0.104. The first-order valence-corrected chi connectivity index (χ1v) is 7.37. The SMILES string of the molecule is C[C@@H](NCC(O)COc1cccc(Cl)c1)c1ccccc1. The number of hydrogen-bond acceptors (Lipinski definition) is 3. The monoisotopic (exact) mass is 305 g/mol. The van der Waals surface area contributed by atoms with Gasteiger partial charge in [0, 0.05) is 17.6 Å². The number of rotatable bonds is 7. The molecule has 0 spiro atoms. The molecule has 2 aromatic rings. The average Bonchev–Trinajstić information content (AvgIpc) is 2.51. The molecule has 0 heterocycles. The molecule has 0 aliphatic heterocycles. The third kappa shape index (κ3) is 5.38. The third-order valence-corrected chi connectivity index (χ3v) is 3.43. The Kier molecular flexibility index (Phi) is 6.05. The number of hydrogen-bond donors (Lipinski definition) is 2. The molecule has 112 valence electrons. The largest absolute Gasteiger partial charge is 0.491 e. The second kappa shape index (κ2) is 8.03. The first kappa shape index (κ1) is 15.8. The Bertz CT molecular complexity index is 547. The number of aliphatic hydroxyl groups is 1. The number of aliphatic hydroxyl groups excluding tert-OH is 1. The zero-order chi connectivity index (χ0) is 15.1. The summed E-state index contributed by atoms with van der Waals surface area (Å²) in [7, 11) is 0. The van der Waals surface area contributed by atoms with E-state index in [4.69, 9.17) is 16.3 Å². The molecule has 1 unspecified atom stereocenters. The fourth-order valence-corrected chi connectivity index (χ4v) is 2.16. The number of halogens is 1. The number of ether oxygens (including phenoxy) is 1. The summed E-state index contributed by atoms with van der Waals surface area (Å²) in [6.45, 7) is 2.77. The lowest BCUT2D eigenvalue weighted by atomic mass is 10.1. The van der Waals surface area contributed by atoms with Crippen LogP contribution in [0.4, 0.5) is 0 Å². The fraction of sp³-hybridized carbons (Fsp3) is 0.294. The van der Waals surface area contributed by atoms with Crippen LogP contribution < -0.4 is 10.1 Å². The van der Waals surface area contributed by atoms with E-state index in [2.05, 4.69) is 24.4 Å². The van der Waals surface area contributed by atoms with Crippen molar-refractivity contribution in [3.8, 4) is 5.75 Å². The van der Waals surface area contributed by atoms with Crippen molar-refractivity contribution in [3.05, 3.63) is 65.2 Å². The molecule has 4 heteroatoms. The molecule has 0 amide bonds. The van der Waals surface area contributed by atoms with Gasteiger partial charge in [0.05, 0.1) is 0 Å². The highest BCUT2D eigenvalue weighted by atomic mass is 35.5. The molecule has 2 atom stereocenters. The zero-order valence-electron chi connectivity index (χ0n) is 12.0. The van der Waals surface area contributed by atoms with E-state index in [1.165, 1.54) is 5.56 Å². The Morgan fingerprint density at radius 1 is 1.14 bits per heavy atom. The van der Waals surface area contributed by atoms with E-state index >= 15 is 0 Å². The minimum absolute atomic E-state index is 0.187. The third-order valence-electron chi connectivity index (χ3n) is 3.20. The van der Waals surface area contributed by atoms with E-state index in [-0.39, 0.29) is 12.6 Å². The van der Waals surface area contributed by atoms with E-state index < -0.39 is 6.10 Å². The molecule has 0 aliphatic rings. The standard InChI is InChI=1S/C17H20ClNO2/c1-13(14-6-3-2-4-7-14)19-11-16(20)12-21-17-9-5-8-15(18)10-17/h2-10,13,16,19-20H,11-12H2,1H3/t13-,16?/m1/s1. The highest BCUT2D eigenvalue weighted by molar-refractivity contribution is 6.30. The fourth-order valence-electron chi connectivity index (χ4n) is 1.98. The van der Waals surface area contributed by atoms with Crippen LogP contribution in [0.3, 0.4) is 0 Å². The van der Waals surface area contributed by atoms with Crippen LogP contribution in [0, 0.1) is 0 Å². The Hall–Kier alpha value is -1.55. The molecule has 0 aliphatic carbocycles. The van der Waals surface area contributed by atoms with E-state index in [1.54, 1.807) is 12.1 Å². The molecule has 2 rings (SSSR count). The maximum Gasteiger partial charge on any atom is 0.120 e. The van der Waals surface area contributed by atoms with Crippen LogP contribution in [0.15, 0.2) is 54.6 Å². The van der Waals surface area contributed by atoms with Gasteiger partial charge in [0.1, 0.15) is 18.5 Å². The van der Waals surface area contributed by atoms with Gasteiger partial charge in [-0.05, 0) is 30.7 Å². The Morgan fingerprint density at radius 2 is 1.90 bits per heavy atom. The minimum atomic E-state index is -0.574. The van der Waals surface area contributed by atoms with Gasteiger partial charge in [0.2, 0.25) is 0 Å². The van der Waals surface area contributed by atoms with Gasteiger partial charge in [0.15, 0.2) is 0 Å². The van der Waals surface area contributed by atoms with Crippen molar-refractivity contribution in [1.82, 2.24) is 5.32 Å². The molecule has 0 saturated carbocycles. The predicted molar refractivity (Wildman–Crippen MR) is 85.8 cm³/mol. The topological polar surface area (TPSA) is 41.5 Å². The quantitative estimate of drug-likeness (QED) is 0.823. The summed E-state index contributed by atoms with van der Waals surface area (Å²) in [5.41, 5.74) is 1.19. The predicted octanol–water partition coefficient (Wildman–Crippen LogP) is 3.43. The normalized spacial score (nSPS) is 13.7. The summed E-state index contributed by atoms with van der Waals surface area (Å²) >= 11 is 5.88. The van der Waals surface area contributed by atoms with Crippen molar-refractivity contribution in [2.75, 3.05) is 13.2 Å². The van der Waals surface area contributed by atoms with Gasteiger partial charge < -0.3 is 15.2 Å². The van der Waals surface area contributed by atoms with Gasteiger partial charge in [0.25, 0.3) is 0 Å². The molecule has 0 saturated heterocycles. The summed E-state index contributed by atoms with van der Waals surface area (Å²) in [5, 5.41) is 13.9. The Morgan fingerprint density at radius 3 is 2.62 bits per heavy atom. The van der Waals surface area contributed by atoms with E-state index in [0.29, 0.717) is 17.3 Å². The molecule has 0 aromatic heterocycles. The molecule has 3 nitrogen and oxygen atoms in total. The van der Waals surface area contributed by atoms with Gasteiger partial charge in [-0.1, -0.05) is 48.0 Å². The summed E-state index contributed by atoms with van der Waals surface area (Å²) in [4.78, 5) is 0. The molecule has 2 N–H and O–H groups in total. The van der Waals surface area contributed by atoms with E-state index in [9.17, 15) is 5.11 Å². The molecule has 0 radical (unpaired) electrons. The van der Waals surface area contributed by atoms with Crippen LogP contribution in [-0.4, -0.2) is 24.4 Å². The molecule has 21 heavy (non-hydrogen) atoms. The van der Waals surface area contributed by atoms with Crippen molar-refractivity contribution in [3.63, 3.8) is 0 Å². The van der Waals surface area contributed by atoms with Crippen molar-refractivity contribution in [1.29, 1.82) is 0 Å². The second-order valence-electron chi connectivity index (χ2n) is 4.96. The van der Waals surface area contributed by atoms with Crippen LogP contribution in [-0.2, 0) is 0 Å². The van der Waals surface area contributed by atoms with Crippen LogP contribution >= 0.6 is 11.6 Å². The van der Waals surface area contributed by atoms with Gasteiger partial charge in [-0.3, -0.25) is 0 Å².